The van der Waals surface area contributed by atoms with E-state index in [1.807, 2.05) is 4.90 Å². The monoisotopic (exact) mass is 482 g/mol. The number of nitrogens with zero attached hydrogens (tertiary/aromatic N) is 1. The minimum absolute atomic E-state index is 0.0716. The molecule has 0 aliphatic rings. The molecule has 6 nitrogen and oxygen atoms in total. The number of rotatable bonds is 9. The van der Waals surface area contributed by atoms with Crippen molar-refractivity contribution in [1.29, 1.82) is 0 Å². The Balaban J connectivity index is 2.40. The zero-order valence-corrected chi connectivity index (χ0v) is 19.4. The summed E-state index contributed by atoms with van der Waals surface area (Å²) >= 11 is 3.27. The first-order valence-corrected chi connectivity index (χ1v) is 11.7. The summed E-state index contributed by atoms with van der Waals surface area (Å²) in [5.41, 5.74) is 0.872. The van der Waals surface area contributed by atoms with Crippen molar-refractivity contribution in [3.8, 4) is 0 Å². The van der Waals surface area contributed by atoms with Crippen LogP contribution in [0.5, 0.6) is 0 Å². The second kappa shape index (κ2) is 9.63. The van der Waals surface area contributed by atoms with Crippen LogP contribution in [-0.2, 0) is 10.0 Å². The number of hydrogen-bond acceptors (Lipinski definition) is 4. The van der Waals surface area contributed by atoms with Crippen LogP contribution in [0.2, 0.25) is 0 Å². The second-order valence-corrected chi connectivity index (χ2v) is 10.4. The molecule has 0 aromatic heterocycles. The van der Waals surface area contributed by atoms with Crippen LogP contribution in [0.25, 0.3) is 0 Å². The Labute approximate surface area is 181 Å². The molecule has 0 unspecified atom stereocenters. The molecular formula is C21H27BrN2O4S. The van der Waals surface area contributed by atoms with Crippen LogP contribution in [-0.4, -0.2) is 32.6 Å². The zero-order chi connectivity index (χ0) is 21.8. The van der Waals surface area contributed by atoms with Crippen LogP contribution < -0.4 is 9.62 Å². The molecule has 0 fully saturated rings. The fraction of sp³-hybridized carbons (Fsp3) is 0.381. The molecule has 8 heteroatoms. The van der Waals surface area contributed by atoms with E-state index in [-0.39, 0.29) is 16.1 Å². The average Bonchev–Trinajstić information content (AvgIpc) is 2.60. The Morgan fingerprint density at radius 2 is 1.59 bits per heavy atom. The number of aromatic carboxylic acids is 1. The van der Waals surface area contributed by atoms with Gasteiger partial charge in [-0.3, -0.25) is 4.72 Å². The number of sulfonamides is 1. The third-order valence-electron chi connectivity index (χ3n) is 4.11. The summed E-state index contributed by atoms with van der Waals surface area (Å²) < 4.78 is 28.5. The maximum Gasteiger partial charge on any atom is 0.337 e. The first-order chi connectivity index (χ1) is 13.5. The summed E-state index contributed by atoms with van der Waals surface area (Å²) in [6.07, 6.45) is 0. The number of anilines is 2. The Bertz CT molecular complexity index is 947. The van der Waals surface area contributed by atoms with Crippen molar-refractivity contribution in [1.82, 2.24) is 0 Å². The number of halogens is 1. The highest BCUT2D eigenvalue weighted by molar-refractivity contribution is 9.10. The molecule has 158 valence electrons. The van der Waals surface area contributed by atoms with Gasteiger partial charge in [-0.2, -0.15) is 0 Å². The van der Waals surface area contributed by atoms with Crippen LogP contribution in [0.3, 0.4) is 0 Å². The van der Waals surface area contributed by atoms with Crippen molar-refractivity contribution in [2.24, 2.45) is 11.8 Å². The van der Waals surface area contributed by atoms with Crippen LogP contribution in [0, 0.1) is 11.8 Å². The maximum atomic E-state index is 12.6. The number of hydrogen-bond donors (Lipinski definition) is 2. The highest BCUT2D eigenvalue weighted by Crippen LogP contribution is 2.28. The van der Waals surface area contributed by atoms with Gasteiger partial charge >= 0.3 is 5.97 Å². The van der Waals surface area contributed by atoms with E-state index in [1.54, 1.807) is 24.3 Å². The molecule has 0 aliphatic heterocycles. The van der Waals surface area contributed by atoms with E-state index in [9.17, 15) is 18.3 Å². The van der Waals surface area contributed by atoms with Gasteiger partial charge in [-0.25, -0.2) is 13.2 Å². The summed E-state index contributed by atoms with van der Waals surface area (Å²) in [4.78, 5) is 14.1. The maximum absolute atomic E-state index is 12.6. The van der Waals surface area contributed by atoms with Crippen molar-refractivity contribution in [3.05, 3.63) is 52.5 Å². The van der Waals surface area contributed by atoms with Gasteiger partial charge in [-0.15, -0.1) is 0 Å². The minimum Gasteiger partial charge on any atom is -0.478 e. The molecule has 29 heavy (non-hydrogen) atoms. The van der Waals surface area contributed by atoms with Gasteiger partial charge in [0, 0.05) is 23.2 Å². The van der Waals surface area contributed by atoms with Gasteiger partial charge in [0.2, 0.25) is 0 Å². The number of carboxylic acid groups (broad SMARTS) is 1. The lowest BCUT2D eigenvalue weighted by Crippen LogP contribution is -2.32. The van der Waals surface area contributed by atoms with Crippen molar-refractivity contribution in [2.75, 3.05) is 22.7 Å². The summed E-state index contributed by atoms with van der Waals surface area (Å²) in [6.45, 7) is 9.73. The van der Waals surface area contributed by atoms with Gasteiger partial charge in [0.05, 0.1) is 16.1 Å². The Morgan fingerprint density at radius 1 is 1.03 bits per heavy atom. The van der Waals surface area contributed by atoms with Gasteiger partial charge in [0.15, 0.2) is 0 Å². The largest absolute Gasteiger partial charge is 0.478 e. The molecule has 0 bridgehead atoms. The summed E-state index contributed by atoms with van der Waals surface area (Å²) in [7, 11) is -3.82. The van der Waals surface area contributed by atoms with Gasteiger partial charge < -0.3 is 10.0 Å². The smallest absolute Gasteiger partial charge is 0.337 e. The van der Waals surface area contributed by atoms with Gasteiger partial charge in [0.1, 0.15) is 0 Å². The Kier molecular flexibility index (Phi) is 7.71. The van der Waals surface area contributed by atoms with Crippen molar-refractivity contribution < 1.29 is 18.3 Å². The van der Waals surface area contributed by atoms with E-state index in [1.165, 1.54) is 18.2 Å². The Hall–Kier alpha value is -2.06. The van der Waals surface area contributed by atoms with Gasteiger partial charge in [-0.05, 0) is 54.3 Å². The number of nitrogens with one attached hydrogen (secondary N) is 1. The molecule has 0 heterocycles. The molecule has 0 atom stereocenters. The third kappa shape index (κ3) is 6.47. The predicted molar refractivity (Wildman–Crippen MR) is 120 cm³/mol. The number of carbonyl (C=O) groups is 1. The zero-order valence-electron chi connectivity index (χ0n) is 17.0. The lowest BCUT2D eigenvalue weighted by molar-refractivity contribution is 0.0697. The van der Waals surface area contributed by atoms with Crippen molar-refractivity contribution in [3.63, 3.8) is 0 Å². The fourth-order valence-electron chi connectivity index (χ4n) is 3.03. The average molecular weight is 483 g/mol. The molecule has 2 aromatic rings. The second-order valence-electron chi connectivity index (χ2n) is 7.79. The van der Waals surface area contributed by atoms with Crippen LogP contribution in [0.4, 0.5) is 11.4 Å². The number of carboxylic acids is 1. The lowest BCUT2D eigenvalue weighted by atomic mass is 10.1. The minimum atomic E-state index is -3.82. The quantitative estimate of drug-likeness (QED) is 0.520. The van der Waals surface area contributed by atoms with Gasteiger partial charge in [-0.1, -0.05) is 43.6 Å². The topological polar surface area (TPSA) is 86.7 Å². The van der Waals surface area contributed by atoms with Crippen LogP contribution in [0.15, 0.2) is 51.8 Å². The van der Waals surface area contributed by atoms with E-state index >= 15 is 0 Å². The fourth-order valence-corrected chi connectivity index (χ4v) is 4.34. The molecule has 0 saturated carbocycles. The standard InChI is InChI=1S/C21H27BrN2O4S/c1-14(2)12-24(13-15(3)4)20-10-7-17(11-19(20)21(25)26)23-29(27,28)18-8-5-16(22)6-9-18/h5-11,14-15,23H,12-13H2,1-4H3,(H,25,26). The molecule has 0 aliphatic carbocycles. The van der Waals surface area contributed by atoms with Crippen LogP contribution >= 0.6 is 15.9 Å². The van der Waals surface area contributed by atoms with E-state index in [0.29, 0.717) is 30.6 Å². The summed E-state index contributed by atoms with van der Waals surface area (Å²) in [5.74, 6) is -0.390. The van der Waals surface area contributed by atoms with Crippen molar-refractivity contribution in [2.45, 2.75) is 32.6 Å². The molecule has 0 amide bonds. The lowest BCUT2D eigenvalue weighted by Gasteiger charge is -2.30. The third-order valence-corrected chi connectivity index (χ3v) is 6.04. The molecule has 2 rings (SSSR count). The van der Waals surface area contributed by atoms with Crippen molar-refractivity contribution >= 4 is 43.3 Å². The first kappa shape index (κ1) is 23.2. The molecule has 0 spiro atoms. The van der Waals surface area contributed by atoms with E-state index in [2.05, 4.69) is 48.3 Å². The predicted octanol–water partition coefficient (Wildman–Crippen LogP) is 5.07. The molecule has 2 N–H and O–H groups in total. The highest BCUT2D eigenvalue weighted by Gasteiger charge is 2.21. The normalized spacial score (nSPS) is 11.7. The highest BCUT2D eigenvalue weighted by atomic mass is 79.9. The van der Waals surface area contributed by atoms with Gasteiger partial charge in [0.25, 0.3) is 10.0 Å². The summed E-state index contributed by atoms with van der Waals surface area (Å²) in [6, 6.07) is 10.9. The molecule has 0 radical (unpaired) electrons. The number of benzene rings is 2. The molecule has 2 aromatic carbocycles. The van der Waals surface area contributed by atoms with E-state index in [4.69, 9.17) is 0 Å². The first-order valence-electron chi connectivity index (χ1n) is 9.40. The molecule has 0 saturated heterocycles. The summed E-state index contributed by atoms with van der Waals surface area (Å²) in [5, 5.41) is 9.74. The molecular weight excluding hydrogens is 456 g/mol. The van der Waals surface area contributed by atoms with Crippen LogP contribution in [0.1, 0.15) is 38.1 Å². The Morgan fingerprint density at radius 3 is 2.07 bits per heavy atom. The van der Waals surface area contributed by atoms with E-state index < -0.39 is 16.0 Å². The van der Waals surface area contributed by atoms with E-state index in [0.717, 1.165) is 4.47 Å². The SMILES string of the molecule is CC(C)CN(CC(C)C)c1ccc(NS(=O)(=O)c2ccc(Br)cc2)cc1C(=O)O.